The molecular weight excluding hydrogens is 252 g/mol. The first-order valence-electron chi connectivity index (χ1n) is 5.73. The van der Waals surface area contributed by atoms with Crippen molar-refractivity contribution in [3.8, 4) is 0 Å². The van der Waals surface area contributed by atoms with Crippen molar-refractivity contribution in [2.24, 2.45) is 7.05 Å². The predicted octanol–water partition coefficient (Wildman–Crippen LogP) is 0.346. The minimum Gasteiger partial charge on any atom is -0.378 e. The van der Waals surface area contributed by atoms with Gasteiger partial charge in [0, 0.05) is 20.2 Å². The first kappa shape index (κ1) is 15.0. The van der Waals surface area contributed by atoms with Gasteiger partial charge in [0.2, 0.25) is 0 Å². The zero-order valence-electron chi connectivity index (χ0n) is 11.4. The van der Waals surface area contributed by atoms with Crippen LogP contribution in [-0.4, -0.2) is 34.9 Å². The van der Waals surface area contributed by atoms with E-state index in [4.69, 9.17) is 4.74 Å². The maximum Gasteiger partial charge on any atom is 0.431 e. The number of hydrogen-bond acceptors (Lipinski definition) is 5. The molecule has 8 heteroatoms. The average molecular weight is 270 g/mol. The van der Waals surface area contributed by atoms with Crippen molar-refractivity contribution in [2.75, 3.05) is 7.11 Å². The smallest absolute Gasteiger partial charge is 0.378 e. The largest absolute Gasteiger partial charge is 0.431 e. The molecule has 0 aliphatic rings. The zero-order valence-corrected chi connectivity index (χ0v) is 11.4. The normalized spacial score (nSPS) is 10.4. The molecule has 0 atom stereocenters. The van der Waals surface area contributed by atoms with Crippen LogP contribution in [0, 0.1) is 0 Å². The van der Waals surface area contributed by atoms with Crippen LogP contribution in [0.1, 0.15) is 30.0 Å². The number of carbonyl (C=O) groups excluding carboxylic acids is 2. The maximum atomic E-state index is 11.8. The van der Waals surface area contributed by atoms with Crippen LogP contribution in [0.25, 0.3) is 0 Å². The first-order chi connectivity index (χ1) is 8.93. The number of hydrogen-bond donors (Lipinski definition) is 2. The Hall–Kier alpha value is -2.09. The molecule has 19 heavy (non-hydrogen) atoms. The van der Waals surface area contributed by atoms with Crippen molar-refractivity contribution in [1.29, 1.82) is 0 Å². The minimum absolute atomic E-state index is 0.0746. The summed E-state index contributed by atoms with van der Waals surface area (Å²) in [6.07, 6.45) is -0.720. The molecule has 0 aliphatic heterocycles. The van der Waals surface area contributed by atoms with E-state index in [0.717, 1.165) is 0 Å². The third-order valence-corrected chi connectivity index (χ3v) is 2.10. The van der Waals surface area contributed by atoms with Crippen LogP contribution in [0.15, 0.2) is 6.07 Å². The van der Waals surface area contributed by atoms with Crippen LogP contribution >= 0.6 is 0 Å². The van der Waals surface area contributed by atoms with Gasteiger partial charge in [-0.15, -0.1) is 0 Å². The molecule has 0 aliphatic carbocycles. The lowest BCUT2D eigenvalue weighted by atomic mass is 10.3. The Bertz CT molecular complexity index is 456. The number of nitrogens with one attached hydrogen (secondary N) is 2. The van der Waals surface area contributed by atoms with Crippen LogP contribution in [0.2, 0.25) is 0 Å². The van der Waals surface area contributed by atoms with E-state index in [1.165, 1.54) is 11.8 Å². The lowest BCUT2D eigenvalue weighted by Crippen LogP contribution is -2.37. The molecule has 1 rings (SSSR count). The van der Waals surface area contributed by atoms with Crippen LogP contribution in [-0.2, 0) is 23.2 Å². The van der Waals surface area contributed by atoms with E-state index < -0.39 is 12.0 Å². The fraction of sp³-hybridized carbons (Fsp3) is 0.545. The van der Waals surface area contributed by atoms with E-state index in [2.05, 4.69) is 15.3 Å². The van der Waals surface area contributed by atoms with E-state index in [9.17, 15) is 9.59 Å². The van der Waals surface area contributed by atoms with Gasteiger partial charge in [-0.3, -0.25) is 9.48 Å². The number of aryl methyl sites for hydroxylation is 1. The fourth-order valence-electron chi connectivity index (χ4n) is 1.37. The number of ether oxygens (including phenoxy) is 1. The molecule has 0 radical (unpaired) electrons. The van der Waals surface area contributed by atoms with Gasteiger partial charge in [0.25, 0.3) is 0 Å². The number of nitrogens with zero attached hydrogens (tertiary/aromatic N) is 2. The lowest BCUT2D eigenvalue weighted by molar-refractivity contribution is 0.0556. The van der Waals surface area contributed by atoms with E-state index >= 15 is 0 Å². The highest BCUT2D eigenvalue weighted by Gasteiger charge is 2.15. The zero-order chi connectivity index (χ0) is 14.4. The molecule has 2 N–H and O–H groups in total. The summed E-state index contributed by atoms with van der Waals surface area (Å²) in [6.45, 7) is 3.86. The summed E-state index contributed by atoms with van der Waals surface area (Å²) >= 11 is 0. The molecule has 0 spiro atoms. The maximum absolute atomic E-state index is 11.8. The van der Waals surface area contributed by atoms with Gasteiger partial charge in [0.05, 0.1) is 12.3 Å². The monoisotopic (exact) mass is 270 g/mol. The minimum atomic E-state index is -0.720. The van der Waals surface area contributed by atoms with Crippen molar-refractivity contribution in [2.45, 2.75) is 26.5 Å². The van der Waals surface area contributed by atoms with E-state index in [-0.39, 0.29) is 11.7 Å². The second-order valence-corrected chi connectivity index (χ2v) is 4.20. The second-order valence-electron chi connectivity index (χ2n) is 4.20. The van der Waals surface area contributed by atoms with E-state index in [1.807, 2.05) is 5.48 Å². The standard InChI is InChI=1S/C11H18N4O4/c1-7(2)12-11(17)19-14-10(16)9-5-8(6-18-4)13-15(9)3/h5,7H,6H2,1-4H3,(H,12,17)(H,14,16). The third-order valence-electron chi connectivity index (χ3n) is 2.10. The highest BCUT2D eigenvalue weighted by atomic mass is 16.7. The molecule has 0 saturated carbocycles. The van der Waals surface area contributed by atoms with Crippen molar-refractivity contribution in [1.82, 2.24) is 20.6 Å². The molecule has 106 valence electrons. The lowest BCUT2D eigenvalue weighted by Gasteiger charge is -2.09. The molecule has 2 amide bonds. The number of carbonyl (C=O) groups is 2. The molecular formula is C11H18N4O4. The number of aromatic nitrogens is 2. The molecule has 0 saturated heterocycles. The highest BCUT2D eigenvalue weighted by molar-refractivity contribution is 5.92. The van der Waals surface area contributed by atoms with E-state index in [0.29, 0.717) is 12.3 Å². The van der Waals surface area contributed by atoms with Gasteiger partial charge in [-0.2, -0.15) is 10.6 Å². The topological polar surface area (TPSA) is 94.5 Å². The van der Waals surface area contributed by atoms with Crippen molar-refractivity contribution >= 4 is 12.0 Å². The molecule has 0 bridgehead atoms. The average Bonchev–Trinajstić information content (AvgIpc) is 2.67. The Kier molecular flexibility index (Phi) is 5.31. The Morgan fingerprint density at radius 3 is 2.74 bits per heavy atom. The molecule has 0 fully saturated rings. The van der Waals surface area contributed by atoms with Gasteiger partial charge < -0.3 is 14.9 Å². The first-order valence-corrected chi connectivity index (χ1v) is 5.73. The van der Waals surface area contributed by atoms with Gasteiger partial charge in [-0.05, 0) is 19.9 Å². The molecule has 1 aromatic rings. The Labute approximate surface area is 111 Å². The van der Waals surface area contributed by atoms with Crippen molar-refractivity contribution < 1.29 is 19.2 Å². The SMILES string of the molecule is COCc1cc(C(=O)NOC(=O)NC(C)C)n(C)n1. The summed E-state index contributed by atoms with van der Waals surface area (Å²) in [4.78, 5) is 27.5. The fourth-order valence-corrected chi connectivity index (χ4v) is 1.37. The Morgan fingerprint density at radius 1 is 1.47 bits per heavy atom. The summed E-state index contributed by atoms with van der Waals surface area (Å²) in [5.74, 6) is -0.559. The van der Waals surface area contributed by atoms with Crippen molar-refractivity contribution in [3.05, 3.63) is 17.5 Å². The summed E-state index contributed by atoms with van der Waals surface area (Å²) < 4.78 is 6.30. The van der Waals surface area contributed by atoms with Crippen molar-refractivity contribution in [3.63, 3.8) is 0 Å². The van der Waals surface area contributed by atoms with Crippen LogP contribution in [0.4, 0.5) is 4.79 Å². The highest BCUT2D eigenvalue weighted by Crippen LogP contribution is 2.04. The summed E-state index contributed by atoms with van der Waals surface area (Å²) in [5, 5.41) is 6.54. The number of amides is 2. The number of methoxy groups -OCH3 is 1. The van der Waals surface area contributed by atoms with Gasteiger partial charge in [-0.1, -0.05) is 0 Å². The molecule has 0 unspecified atom stereocenters. The van der Waals surface area contributed by atoms with Crippen LogP contribution in [0.3, 0.4) is 0 Å². The molecule has 1 aromatic heterocycles. The van der Waals surface area contributed by atoms with Gasteiger partial charge in [-0.25, -0.2) is 4.79 Å². The molecule has 0 aromatic carbocycles. The number of hydroxylamine groups is 1. The molecule has 8 nitrogen and oxygen atoms in total. The summed E-state index contributed by atoms with van der Waals surface area (Å²) in [7, 11) is 3.15. The number of rotatable bonds is 4. The summed E-state index contributed by atoms with van der Waals surface area (Å²) in [5.41, 5.74) is 2.93. The predicted molar refractivity (Wildman–Crippen MR) is 66.1 cm³/mol. The van der Waals surface area contributed by atoms with Gasteiger partial charge in [0.15, 0.2) is 0 Å². The second kappa shape index (κ2) is 6.74. The Morgan fingerprint density at radius 2 is 2.16 bits per heavy atom. The third kappa shape index (κ3) is 4.59. The molecule has 1 heterocycles. The quantitative estimate of drug-likeness (QED) is 0.770. The van der Waals surface area contributed by atoms with Crippen LogP contribution in [0.5, 0.6) is 0 Å². The Balaban J connectivity index is 2.56. The van der Waals surface area contributed by atoms with Gasteiger partial charge >= 0.3 is 12.0 Å². The van der Waals surface area contributed by atoms with Crippen LogP contribution < -0.4 is 10.8 Å². The summed E-state index contributed by atoms with van der Waals surface area (Å²) in [6, 6.07) is 1.48. The van der Waals surface area contributed by atoms with Gasteiger partial charge in [0.1, 0.15) is 5.69 Å². The van der Waals surface area contributed by atoms with E-state index in [1.54, 1.807) is 27.0 Å².